The summed E-state index contributed by atoms with van der Waals surface area (Å²) in [6.07, 6.45) is 45.7. The van der Waals surface area contributed by atoms with Crippen LogP contribution in [0.25, 0.3) is 0 Å². The lowest BCUT2D eigenvalue weighted by atomic mass is 10.0. The van der Waals surface area contributed by atoms with Crippen LogP contribution in [0.15, 0.2) is 0 Å². The quantitative estimate of drug-likeness (QED) is 0.0488. The molecule has 0 saturated heterocycles. The van der Waals surface area contributed by atoms with Gasteiger partial charge in [0.2, 0.25) is 0 Å². The van der Waals surface area contributed by atoms with E-state index in [1.165, 1.54) is 225 Å². The Hall–Kier alpha value is -0.0500. The molecule has 0 heterocycles. The van der Waals surface area contributed by atoms with Gasteiger partial charge in [-0.05, 0) is 77.5 Å². The van der Waals surface area contributed by atoms with Gasteiger partial charge in [0.05, 0.1) is 6.10 Å². The zero-order chi connectivity index (χ0) is 40.0. The maximum absolute atomic E-state index is 11.4. The minimum absolute atomic E-state index is 0.385. The van der Waals surface area contributed by atoms with E-state index in [1.54, 1.807) is 6.26 Å². The third-order valence-corrected chi connectivity index (χ3v) is 12.0. The first-order valence-corrected chi connectivity index (χ1v) is 26.4. The van der Waals surface area contributed by atoms with Crippen LogP contribution in [-0.4, -0.2) is 86.6 Å². The lowest BCUT2D eigenvalue weighted by molar-refractivity contribution is -0.0952. The topological polar surface area (TPSA) is 60.0 Å². The molecule has 0 aromatic rings. The van der Waals surface area contributed by atoms with Gasteiger partial charge in [0.25, 0.3) is 0 Å². The summed E-state index contributed by atoms with van der Waals surface area (Å²) in [6, 6.07) is 0. The molecule has 332 valence electrons. The molecule has 1 atom stereocenters. The number of unbranched alkanes of at least 4 members (excludes halogenated alkanes) is 25. The number of hydrogen-bond acceptors (Lipinski definition) is 6. The highest BCUT2D eigenvalue weighted by Gasteiger charge is 2.10. The van der Waals surface area contributed by atoms with Crippen molar-refractivity contribution in [3.8, 4) is 0 Å². The number of nitrogens with one attached hydrogen (secondary N) is 1. The van der Waals surface area contributed by atoms with Crippen LogP contribution in [-0.2, 0) is 25.0 Å². The molecule has 0 aliphatic rings. The van der Waals surface area contributed by atoms with E-state index in [4.69, 9.17) is 14.2 Å². The molecule has 1 unspecified atom stereocenters. The number of rotatable bonds is 49. The van der Waals surface area contributed by atoms with Crippen LogP contribution in [0.4, 0.5) is 0 Å². The number of nitrogens with zero attached hydrogens (tertiary/aromatic N) is 1. The van der Waals surface area contributed by atoms with Gasteiger partial charge in [0.1, 0.15) is 6.79 Å². The average molecular weight is 801 g/mol. The van der Waals surface area contributed by atoms with Crippen molar-refractivity contribution >= 4 is 10.8 Å². The summed E-state index contributed by atoms with van der Waals surface area (Å²) in [5.74, 6) is 0.758. The van der Waals surface area contributed by atoms with Crippen LogP contribution in [0, 0.1) is 0 Å². The first kappa shape index (κ1) is 55.0. The Morgan fingerprint density at radius 2 is 0.836 bits per heavy atom. The lowest BCUT2D eigenvalue weighted by Gasteiger charge is -2.22. The summed E-state index contributed by atoms with van der Waals surface area (Å²) >= 11 is 0. The molecule has 0 bridgehead atoms. The fraction of sp³-hybridized carbons (Fsp3) is 1.00. The number of hydrogen-bond donors (Lipinski definition) is 1. The zero-order valence-corrected chi connectivity index (χ0v) is 38.8. The van der Waals surface area contributed by atoms with E-state index in [1.807, 2.05) is 0 Å². The molecule has 0 amide bonds. The summed E-state index contributed by atoms with van der Waals surface area (Å²) in [7, 11) is -0.703. The van der Waals surface area contributed by atoms with E-state index in [2.05, 4.69) is 31.0 Å². The van der Waals surface area contributed by atoms with Crippen molar-refractivity contribution in [1.82, 2.24) is 10.2 Å². The minimum atomic E-state index is -0.703. The molecular weight excluding hydrogens is 701 g/mol. The van der Waals surface area contributed by atoms with E-state index in [-0.39, 0.29) is 0 Å². The zero-order valence-electron chi connectivity index (χ0n) is 38.0. The van der Waals surface area contributed by atoms with Gasteiger partial charge < -0.3 is 24.4 Å². The van der Waals surface area contributed by atoms with E-state index in [9.17, 15) is 4.21 Å². The molecule has 0 aliphatic heterocycles. The maximum Gasteiger partial charge on any atom is 0.147 e. The largest absolute Gasteiger partial charge is 0.381 e. The minimum Gasteiger partial charge on any atom is -0.381 e. The first-order valence-electron chi connectivity index (χ1n) is 24.6. The SMILES string of the molecule is CCCCCCCCOCCCCCCCCN(CCCCCCCCOCOC(CCCCCCCC)CCCCCCCC)CCCNCCS(C)=O. The molecule has 0 spiro atoms. The standard InChI is InChI=1S/C48H100N2O4S/c1-5-8-11-14-21-28-36-48(37-29-22-15-12-9-6-2)54-47-53-45-34-27-20-18-24-31-41-50(42-35-38-49-39-46-55(4)51)40-30-23-17-19-26-33-44-52-43-32-25-16-13-10-7-3/h48-49H,5-47H2,1-4H3. The van der Waals surface area contributed by atoms with E-state index in [0.29, 0.717) is 12.9 Å². The molecule has 0 aromatic heterocycles. The van der Waals surface area contributed by atoms with Crippen molar-refractivity contribution in [3.63, 3.8) is 0 Å². The second kappa shape index (κ2) is 48.3. The van der Waals surface area contributed by atoms with Crippen molar-refractivity contribution in [2.75, 3.05) is 71.3 Å². The molecule has 0 rings (SSSR count). The second-order valence-electron chi connectivity index (χ2n) is 16.8. The predicted molar refractivity (Wildman–Crippen MR) is 244 cm³/mol. The van der Waals surface area contributed by atoms with Gasteiger partial charge in [0, 0.05) is 49.2 Å². The molecule has 0 radical (unpaired) electrons. The van der Waals surface area contributed by atoms with Gasteiger partial charge in [-0.15, -0.1) is 0 Å². The van der Waals surface area contributed by atoms with Crippen LogP contribution >= 0.6 is 0 Å². The summed E-state index contributed by atoms with van der Waals surface area (Å²) in [5, 5.41) is 3.49. The van der Waals surface area contributed by atoms with Gasteiger partial charge in [-0.3, -0.25) is 4.21 Å². The molecule has 0 fully saturated rings. The Balaban J connectivity index is 4.08. The van der Waals surface area contributed by atoms with E-state index >= 15 is 0 Å². The van der Waals surface area contributed by atoms with Crippen molar-refractivity contribution in [2.24, 2.45) is 0 Å². The summed E-state index contributed by atoms with van der Waals surface area (Å²) in [4.78, 5) is 2.72. The highest BCUT2D eigenvalue weighted by Crippen LogP contribution is 2.17. The molecule has 1 N–H and O–H groups in total. The molecular formula is C48H100N2O4S. The van der Waals surface area contributed by atoms with Crippen molar-refractivity contribution < 1.29 is 18.4 Å². The highest BCUT2D eigenvalue weighted by atomic mass is 32.2. The monoisotopic (exact) mass is 801 g/mol. The normalized spacial score (nSPS) is 12.5. The predicted octanol–water partition coefficient (Wildman–Crippen LogP) is 13.6. The Kier molecular flexibility index (Phi) is 48.3. The van der Waals surface area contributed by atoms with Crippen LogP contribution < -0.4 is 5.32 Å². The molecule has 55 heavy (non-hydrogen) atoms. The summed E-state index contributed by atoms with van der Waals surface area (Å²) in [5.41, 5.74) is 0. The van der Waals surface area contributed by atoms with E-state index < -0.39 is 10.8 Å². The Bertz CT molecular complexity index is 714. The Morgan fingerprint density at radius 3 is 1.29 bits per heavy atom. The van der Waals surface area contributed by atoms with Crippen molar-refractivity contribution in [2.45, 2.75) is 239 Å². The van der Waals surface area contributed by atoms with Crippen LogP contribution in [0.5, 0.6) is 0 Å². The molecule has 6 nitrogen and oxygen atoms in total. The van der Waals surface area contributed by atoms with Crippen LogP contribution in [0.3, 0.4) is 0 Å². The van der Waals surface area contributed by atoms with Crippen LogP contribution in [0.1, 0.15) is 233 Å². The van der Waals surface area contributed by atoms with Crippen molar-refractivity contribution in [3.05, 3.63) is 0 Å². The van der Waals surface area contributed by atoms with Gasteiger partial charge >= 0.3 is 0 Å². The van der Waals surface area contributed by atoms with E-state index in [0.717, 1.165) is 45.1 Å². The third kappa shape index (κ3) is 46.5. The first-order chi connectivity index (χ1) is 27.1. The molecule has 7 heteroatoms. The third-order valence-electron chi connectivity index (χ3n) is 11.2. The molecule has 0 saturated carbocycles. The van der Waals surface area contributed by atoms with Crippen molar-refractivity contribution in [1.29, 1.82) is 0 Å². The second-order valence-corrected chi connectivity index (χ2v) is 18.3. The summed E-state index contributed by atoms with van der Waals surface area (Å²) in [6.45, 7) is 15.6. The Labute approximate surface area is 348 Å². The lowest BCUT2D eigenvalue weighted by Crippen LogP contribution is -2.30. The van der Waals surface area contributed by atoms with Gasteiger partial charge in [0.15, 0.2) is 0 Å². The Morgan fingerprint density at radius 1 is 0.455 bits per heavy atom. The average Bonchev–Trinajstić information content (AvgIpc) is 3.18. The summed E-state index contributed by atoms with van der Waals surface area (Å²) < 4.78 is 29.5. The molecule has 0 aromatic carbocycles. The fourth-order valence-electron chi connectivity index (χ4n) is 7.50. The highest BCUT2D eigenvalue weighted by molar-refractivity contribution is 7.84. The fourth-order valence-corrected chi connectivity index (χ4v) is 7.93. The maximum atomic E-state index is 11.4. The smallest absolute Gasteiger partial charge is 0.147 e. The van der Waals surface area contributed by atoms with Crippen LogP contribution in [0.2, 0.25) is 0 Å². The van der Waals surface area contributed by atoms with Gasteiger partial charge in [-0.2, -0.15) is 0 Å². The number of ether oxygens (including phenoxy) is 3. The molecule has 0 aliphatic carbocycles. The van der Waals surface area contributed by atoms with Gasteiger partial charge in [-0.1, -0.05) is 181 Å². The van der Waals surface area contributed by atoms with Gasteiger partial charge in [-0.25, -0.2) is 0 Å².